The number of pyridine rings is 1. The number of nitrogens with one attached hydrogen (secondary N) is 1. The van der Waals surface area contributed by atoms with Crippen molar-refractivity contribution < 1.29 is 14.6 Å². The van der Waals surface area contributed by atoms with Crippen molar-refractivity contribution in [2.24, 2.45) is 0 Å². The summed E-state index contributed by atoms with van der Waals surface area (Å²) < 4.78 is 5.07. The monoisotopic (exact) mass is 288 g/mol. The summed E-state index contributed by atoms with van der Waals surface area (Å²) >= 11 is 0. The van der Waals surface area contributed by atoms with Crippen molar-refractivity contribution in [2.75, 3.05) is 20.3 Å². The van der Waals surface area contributed by atoms with Crippen molar-refractivity contribution in [3.05, 3.63) is 41.6 Å². The fourth-order valence-electron chi connectivity index (χ4n) is 2.31. The number of aliphatic hydroxyl groups excluding tert-OH is 1. The highest BCUT2D eigenvalue weighted by molar-refractivity contribution is 6.06. The summed E-state index contributed by atoms with van der Waals surface area (Å²) in [4.78, 5) is 16.9. The Hall–Kier alpha value is -1.98. The van der Waals surface area contributed by atoms with Crippen LogP contribution in [0, 0.1) is 6.92 Å². The number of methoxy groups -OCH3 is 1. The SMILES string of the molecule is COCC(CCO)NC(=O)c1cc(C)nc2ccccc12. The van der Waals surface area contributed by atoms with Crippen molar-refractivity contribution in [1.82, 2.24) is 10.3 Å². The number of nitrogens with zero attached hydrogens (tertiary/aromatic N) is 1. The Morgan fingerprint density at radius 3 is 2.90 bits per heavy atom. The number of aryl methyl sites for hydroxylation is 1. The molecule has 0 aliphatic rings. The van der Waals surface area contributed by atoms with E-state index in [1.807, 2.05) is 31.2 Å². The highest BCUT2D eigenvalue weighted by Crippen LogP contribution is 2.18. The minimum Gasteiger partial charge on any atom is -0.396 e. The first-order chi connectivity index (χ1) is 10.2. The van der Waals surface area contributed by atoms with Crippen LogP contribution >= 0.6 is 0 Å². The van der Waals surface area contributed by atoms with E-state index in [4.69, 9.17) is 9.84 Å². The molecular formula is C16H20N2O3. The van der Waals surface area contributed by atoms with Crippen LogP contribution in [0.5, 0.6) is 0 Å². The third-order valence-corrected chi connectivity index (χ3v) is 3.27. The van der Waals surface area contributed by atoms with E-state index >= 15 is 0 Å². The van der Waals surface area contributed by atoms with Gasteiger partial charge in [0.05, 0.1) is 23.7 Å². The first-order valence-electron chi connectivity index (χ1n) is 6.92. The third-order valence-electron chi connectivity index (χ3n) is 3.27. The second kappa shape index (κ2) is 7.15. The number of rotatable bonds is 6. The molecule has 2 rings (SSSR count). The van der Waals surface area contributed by atoms with E-state index < -0.39 is 0 Å². The van der Waals surface area contributed by atoms with Gasteiger partial charge in [0.2, 0.25) is 0 Å². The number of ether oxygens (including phenoxy) is 1. The predicted molar refractivity (Wildman–Crippen MR) is 81.3 cm³/mol. The van der Waals surface area contributed by atoms with E-state index in [1.165, 1.54) is 0 Å². The molecular weight excluding hydrogens is 268 g/mol. The van der Waals surface area contributed by atoms with Gasteiger partial charge in [0.1, 0.15) is 0 Å². The highest BCUT2D eigenvalue weighted by atomic mass is 16.5. The van der Waals surface area contributed by atoms with Gasteiger partial charge in [-0.1, -0.05) is 18.2 Å². The molecule has 5 heteroatoms. The fourth-order valence-corrected chi connectivity index (χ4v) is 2.31. The van der Waals surface area contributed by atoms with Crippen LogP contribution in [0.1, 0.15) is 22.5 Å². The molecule has 1 aromatic carbocycles. The van der Waals surface area contributed by atoms with E-state index in [0.717, 1.165) is 16.6 Å². The maximum atomic E-state index is 12.5. The van der Waals surface area contributed by atoms with Crippen LogP contribution < -0.4 is 5.32 Å². The number of aliphatic hydroxyl groups is 1. The third kappa shape index (κ3) is 3.77. The van der Waals surface area contributed by atoms with Gasteiger partial charge in [-0.05, 0) is 25.5 Å². The van der Waals surface area contributed by atoms with E-state index in [0.29, 0.717) is 18.6 Å². The zero-order chi connectivity index (χ0) is 15.2. The average Bonchev–Trinajstić information content (AvgIpc) is 2.46. The molecule has 5 nitrogen and oxygen atoms in total. The predicted octanol–water partition coefficient (Wildman–Crippen LogP) is 1.67. The van der Waals surface area contributed by atoms with Crippen LogP contribution in [0.2, 0.25) is 0 Å². The van der Waals surface area contributed by atoms with Crippen molar-refractivity contribution in [2.45, 2.75) is 19.4 Å². The van der Waals surface area contributed by atoms with Gasteiger partial charge >= 0.3 is 0 Å². The molecule has 112 valence electrons. The van der Waals surface area contributed by atoms with E-state index in [2.05, 4.69) is 10.3 Å². The molecule has 0 saturated heterocycles. The summed E-state index contributed by atoms with van der Waals surface area (Å²) in [7, 11) is 1.57. The van der Waals surface area contributed by atoms with Crippen molar-refractivity contribution >= 4 is 16.8 Å². The number of carbonyl (C=O) groups is 1. The van der Waals surface area contributed by atoms with Crippen LogP contribution in [-0.2, 0) is 4.74 Å². The molecule has 1 unspecified atom stereocenters. The summed E-state index contributed by atoms with van der Waals surface area (Å²) in [6, 6.07) is 9.13. The van der Waals surface area contributed by atoms with E-state index in [1.54, 1.807) is 13.2 Å². The van der Waals surface area contributed by atoms with Crippen LogP contribution in [-0.4, -0.2) is 42.4 Å². The molecule has 1 atom stereocenters. The van der Waals surface area contributed by atoms with Gasteiger partial charge in [-0.2, -0.15) is 0 Å². The Morgan fingerprint density at radius 1 is 1.43 bits per heavy atom. The van der Waals surface area contributed by atoms with Gasteiger partial charge in [0.25, 0.3) is 5.91 Å². The average molecular weight is 288 g/mol. The van der Waals surface area contributed by atoms with Gasteiger partial charge < -0.3 is 15.2 Å². The van der Waals surface area contributed by atoms with Crippen molar-refractivity contribution in [3.63, 3.8) is 0 Å². The number of amides is 1. The molecule has 0 radical (unpaired) electrons. The second-order valence-electron chi connectivity index (χ2n) is 4.97. The topological polar surface area (TPSA) is 71.5 Å². The standard InChI is InChI=1S/C16H20N2O3/c1-11-9-14(13-5-3-4-6-15(13)17-11)16(20)18-12(7-8-19)10-21-2/h3-6,9,12,19H,7-8,10H2,1-2H3,(H,18,20). The first-order valence-corrected chi connectivity index (χ1v) is 6.92. The highest BCUT2D eigenvalue weighted by Gasteiger charge is 2.16. The molecule has 2 N–H and O–H groups in total. The minimum absolute atomic E-state index is 0.00439. The van der Waals surface area contributed by atoms with E-state index in [9.17, 15) is 4.79 Å². The van der Waals surface area contributed by atoms with Gasteiger partial charge in [-0.25, -0.2) is 0 Å². The second-order valence-corrected chi connectivity index (χ2v) is 4.97. The molecule has 0 fully saturated rings. The van der Waals surface area contributed by atoms with Gasteiger partial charge in [0, 0.05) is 24.8 Å². The van der Waals surface area contributed by atoms with Gasteiger partial charge in [-0.3, -0.25) is 9.78 Å². The number of benzene rings is 1. The quantitative estimate of drug-likeness (QED) is 0.848. The zero-order valence-corrected chi connectivity index (χ0v) is 12.3. The Bertz CT molecular complexity index is 622. The Labute approximate surface area is 124 Å². The molecule has 1 heterocycles. The lowest BCUT2D eigenvalue weighted by atomic mass is 10.1. The smallest absolute Gasteiger partial charge is 0.252 e. The lowest BCUT2D eigenvalue weighted by Crippen LogP contribution is -2.38. The maximum absolute atomic E-state index is 12.5. The first kappa shape index (κ1) is 15.4. The number of aromatic nitrogens is 1. The maximum Gasteiger partial charge on any atom is 0.252 e. The number of hydrogen-bond donors (Lipinski definition) is 2. The summed E-state index contributed by atoms with van der Waals surface area (Å²) in [6.07, 6.45) is 0.460. The summed E-state index contributed by atoms with van der Waals surface area (Å²) in [5.41, 5.74) is 2.19. The van der Waals surface area contributed by atoms with Crippen LogP contribution in [0.25, 0.3) is 10.9 Å². The van der Waals surface area contributed by atoms with Crippen molar-refractivity contribution in [3.8, 4) is 0 Å². The molecule has 2 aromatic rings. The van der Waals surface area contributed by atoms with Gasteiger partial charge in [0.15, 0.2) is 0 Å². The molecule has 0 saturated carbocycles. The molecule has 1 amide bonds. The lowest BCUT2D eigenvalue weighted by molar-refractivity contribution is 0.0880. The summed E-state index contributed by atoms with van der Waals surface area (Å²) in [6.45, 7) is 2.24. The largest absolute Gasteiger partial charge is 0.396 e. The Balaban J connectivity index is 2.30. The number of hydrogen-bond acceptors (Lipinski definition) is 4. The Morgan fingerprint density at radius 2 is 2.19 bits per heavy atom. The molecule has 0 aliphatic heterocycles. The van der Waals surface area contributed by atoms with Crippen molar-refractivity contribution in [1.29, 1.82) is 0 Å². The van der Waals surface area contributed by atoms with Crippen LogP contribution in [0.3, 0.4) is 0 Å². The minimum atomic E-state index is -0.209. The molecule has 0 bridgehead atoms. The molecule has 0 spiro atoms. The zero-order valence-electron chi connectivity index (χ0n) is 12.3. The summed E-state index contributed by atoms with van der Waals surface area (Å²) in [5.74, 6) is -0.174. The number of carbonyl (C=O) groups excluding carboxylic acids is 1. The fraction of sp³-hybridized carbons (Fsp3) is 0.375. The number of fused-ring (bicyclic) bond motifs is 1. The van der Waals surface area contributed by atoms with Gasteiger partial charge in [-0.15, -0.1) is 0 Å². The molecule has 21 heavy (non-hydrogen) atoms. The summed E-state index contributed by atoms with van der Waals surface area (Å²) in [5, 5.41) is 12.8. The molecule has 1 aromatic heterocycles. The lowest BCUT2D eigenvalue weighted by Gasteiger charge is -2.17. The van der Waals surface area contributed by atoms with E-state index in [-0.39, 0.29) is 18.6 Å². The Kier molecular flexibility index (Phi) is 5.25. The number of para-hydroxylation sites is 1. The molecule has 0 aliphatic carbocycles. The van der Waals surface area contributed by atoms with Crippen LogP contribution in [0.4, 0.5) is 0 Å². The normalized spacial score (nSPS) is 12.3. The van der Waals surface area contributed by atoms with Crippen LogP contribution in [0.15, 0.2) is 30.3 Å².